The number of amides is 1. The van der Waals surface area contributed by atoms with E-state index in [2.05, 4.69) is 15.6 Å². The molecule has 2 aromatic rings. The van der Waals surface area contributed by atoms with Gasteiger partial charge in [-0.1, -0.05) is 17.7 Å². The molecule has 0 saturated carbocycles. The summed E-state index contributed by atoms with van der Waals surface area (Å²) in [6, 6.07) is 10.3. The second-order valence-corrected chi connectivity index (χ2v) is 4.41. The number of aromatic nitrogens is 1. The predicted octanol–water partition coefficient (Wildman–Crippen LogP) is 2.37. The lowest BCUT2D eigenvalue weighted by Gasteiger charge is -2.07. The van der Waals surface area contributed by atoms with Gasteiger partial charge in [-0.3, -0.25) is 4.79 Å². The summed E-state index contributed by atoms with van der Waals surface area (Å²) in [4.78, 5) is 15.7. The molecule has 0 aliphatic heterocycles. The standard InChI is InChI=1S/C15H16FN3O/c1-11-2-4-12(5-3-11)15(20)18-9-8-17-14-7-6-13(16)10-19-14/h2-7,10H,8-9H2,1H3,(H,17,19)(H,18,20). The molecule has 1 amide bonds. The molecule has 0 fully saturated rings. The first kappa shape index (κ1) is 14.0. The number of rotatable bonds is 5. The van der Waals surface area contributed by atoms with Gasteiger partial charge in [-0.05, 0) is 31.2 Å². The highest BCUT2D eigenvalue weighted by Gasteiger charge is 2.03. The van der Waals surface area contributed by atoms with Crippen LogP contribution in [0.4, 0.5) is 10.2 Å². The summed E-state index contributed by atoms with van der Waals surface area (Å²) in [6.07, 6.45) is 1.15. The van der Waals surface area contributed by atoms with Crippen LogP contribution in [-0.2, 0) is 0 Å². The molecule has 0 bridgehead atoms. The van der Waals surface area contributed by atoms with Crippen molar-refractivity contribution in [3.05, 3.63) is 59.5 Å². The highest BCUT2D eigenvalue weighted by Crippen LogP contribution is 2.03. The van der Waals surface area contributed by atoms with Crippen LogP contribution in [0, 0.1) is 12.7 Å². The second kappa shape index (κ2) is 6.65. The molecule has 0 aliphatic rings. The number of carbonyl (C=O) groups is 1. The Kier molecular flexibility index (Phi) is 4.65. The zero-order valence-electron chi connectivity index (χ0n) is 11.2. The van der Waals surface area contributed by atoms with Crippen molar-refractivity contribution in [1.29, 1.82) is 0 Å². The summed E-state index contributed by atoms with van der Waals surface area (Å²) < 4.78 is 12.6. The molecule has 104 valence electrons. The Balaban J connectivity index is 1.74. The van der Waals surface area contributed by atoms with E-state index in [9.17, 15) is 9.18 Å². The van der Waals surface area contributed by atoms with Crippen LogP contribution in [0.5, 0.6) is 0 Å². The minimum atomic E-state index is -0.372. The molecule has 0 spiro atoms. The number of hydrogen-bond donors (Lipinski definition) is 2. The molecule has 0 saturated heterocycles. The van der Waals surface area contributed by atoms with E-state index in [1.54, 1.807) is 18.2 Å². The summed E-state index contributed by atoms with van der Waals surface area (Å²) in [7, 11) is 0. The summed E-state index contributed by atoms with van der Waals surface area (Å²) in [5, 5.41) is 5.79. The van der Waals surface area contributed by atoms with Crippen molar-refractivity contribution in [1.82, 2.24) is 10.3 Å². The van der Waals surface area contributed by atoms with Gasteiger partial charge in [-0.2, -0.15) is 0 Å². The molecule has 0 aliphatic carbocycles. The molecular weight excluding hydrogens is 257 g/mol. The van der Waals surface area contributed by atoms with Gasteiger partial charge < -0.3 is 10.6 Å². The molecule has 5 heteroatoms. The van der Waals surface area contributed by atoms with E-state index in [4.69, 9.17) is 0 Å². The molecule has 4 nitrogen and oxygen atoms in total. The smallest absolute Gasteiger partial charge is 0.251 e. The van der Waals surface area contributed by atoms with Crippen molar-refractivity contribution in [2.45, 2.75) is 6.92 Å². The van der Waals surface area contributed by atoms with Gasteiger partial charge in [0.2, 0.25) is 0 Å². The van der Waals surface area contributed by atoms with Gasteiger partial charge in [0, 0.05) is 18.7 Å². The maximum atomic E-state index is 12.6. The van der Waals surface area contributed by atoms with Gasteiger partial charge >= 0.3 is 0 Å². The fourth-order valence-electron chi connectivity index (χ4n) is 1.65. The third kappa shape index (κ3) is 4.05. The number of carbonyl (C=O) groups excluding carboxylic acids is 1. The van der Waals surface area contributed by atoms with Crippen LogP contribution in [-0.4, -0.2) is 24.0 Å². The first-order valence-corrected chi connectivity index (χ1v) is 6.35. The molecule has 0 unspecified atom stereocenters. The highest BCUT2D eigenvalue weighted by molar-refractivity contribution is 5.94. The maximum absolute atomic E-state index is 12.6. The fourth-order valence-corrected chi connectivity index (χ4v) is 1.65. The molecule has 1 aromatic carbocycles. The van der Waals surface area contributed by atoms with E-state index in [0.717, 1.165) is 11.8 Å². The van der Waals surface area contributed by atoms with Gasteiger partial charge in [-0.25, -0.2) is 9.37 Å². The predicted molar refractivity (Wildman–Crippen MR) is 76.2 cm³/mol. The van der Waals surface area contributed by atoms with Crippen LogP contribution < -0.4 is 10.6 Å². The molecule has 0 atom stereocenters. The van der Waals surface area contributed by atoms with Crippen molar-refractivity contribution < 1.29 is 9.18 Å². The van der Waals surface area contributed by atoms with E-state index in [-0.39, 0.29) is 11.7 Å². The number of nitrogens with zero attached hydrogens (tertiary/aromatic N) is 1. The van der Waals surface area contributed by atoms with Crippen molar-refractivity contribution in [2.75, 3.05) is 18.4 Å². The summed E-state index contributed by atoms with van der Waals surface area (Å²) >= 11 is 0. The van der Waals surface area contributed by atoms with Gasteiger partial charge in [0.1, 0.15) is 11.6 Å². The minimum Gasteiger partial charge on any atom is -0.368 e. The number of benzene rings is 1. The second-order valence-electron chi connectivity index (χ2n) is 4.41. The zero-order chi connectivity index (χ0) is 14.4. The normalized spacial score (nSPS) is 10.1. The number of nitrogens with one attached hydrogen (secondary N) is 2. The monoisotopic (exact) mass is 273 g/mol. The van der Waals surface area contributed by atoms with E-state index < -0.39 is 0 Å². The third-order valence-corrected chi connectivity index (χ3v) is 2.76. The Morgan fingerprint density at radius 2 is 1.90 bits per heavy atom. The lowest BCUT2D eigenvalue weighted by Crippen LogP contribution is -2.28. The van der Waals surface area contributed by atoms with Crippen molar-refractivity contribution in [3.63, 3.8) is 0 Å². The average molecular weight is 273 g/mol. The zero-order valence-corrected chi connectivity index (χ0v) is 11.2. The topological polar surface area (TPSA) is 54.0 Å². The molecular formula is C15H16FN3O. The Bertz CT molecular complexity index is 567. The van der Waals surface area contributed by atoms with Gasteiger partial charge in [-0.15, -0.1) is 0 Å². The third-order valence-electron chi connectivity index (χ3n) is 2.76. The van der Waals surface area contributed by atoms with E-state index in [1.807, 2.05) is 19.1 Å². The SMILES string of the molecule is Cc1ccc(C(=O)NCCNc2ccc(F)cn2)cc1. The van der Waals surface area contributed by atoms with E-state index in [1.165, 1.54) is 6.07 Å². The molecule has 20 heavy (non-hydrogen) atoms. The van der Waals surface area contributed by atoms with Crippen molar-refractivity contribution >= 4 is 11.7 Å². The Morgan fingerprint density at radius 3 is 2.55 bits per heavy atom. The lowest BCUT2D eigenvalue weighted by molar-refractivity contribution is 0.0955. The van der Waals surface area contributed by atoms with Crippen molar-refractivity contribution in [3.8, 4) is 0 Å². The maximum Gasteiger partial charge on any atom is 0.251 e. The van der Waals surface area contributed by atoms with Crippen LogP contribution in [0.15, 0.2) is 42.6 Å². The number of anilines is 1. The van der Waals surface area contributed by atoms with Crippen LogP contribution in [0.25, 0.3) is 0 Å². The summed E-state index contributed by atoms with van der Waals surface area (Å²) in [6.45, 7) is 2.96. The molecule has 0 radical (unpaired) electrons. The Morgan fingerprint density at radius 1 is 1.15 bits per heavy atom. The van der Waals surface area contributed by atoms with E-state index >= 15 is 0 Å². The van der Waals surface area contributed by atoms with Crippen LogP contribution >= 0.6 is 0 Å². The number of aryl methyl sites for hydroxylation is 1. The van der Waals surface area contributed by atoms with Gasteiger partial charge in [0.25, 0.3) is 5.91 Å². The fraction of sp³-hybridized carbons (Fsp3) is 0.200. The average Bonchev–Trinajstić information content (AvgIpc) is 2.46. The Hall–Kier alpha value is -2.43. The first-order chi connectivity index (χ1) is 9.65. The van der Waals surface area contributed by atoms with Gasteiger partial charge in [0.15, 0.2) is 0 Å². The number of halogens is 1. The van der Waals surface area contributed by atoms with E-state index in [0.29, 0.717) is 24.5 Å². The molecule has 1 heterocycles. The highest BCUT2D eigenvalue weighted by atomic mass is 19.1. The minimum absolute atomic E-state index is 0.112. The number of pyridine rings is 1. The summed E-state index contributed by atoms with van der Waals surface area (Å²) in [5.41, 5.74) is 1.75. The van der Waals surface area contributed by atoms with Gasteiger partial charge in [0.05, 0.1) is 6.20 Å². The van der Waals surface area contributed by atoms with Crippen LogP contribution in [0.2, 0.25) is 0 Å². The molecule has 2 N–H and O–H groups in total. The van der Waals surface area contributed by atoms with Crippen LogP contribution in [0.3, 0.4) is 0 Å². The molecule has 1 aromatic heterocycles. The first-order valence-electron chi connectivity index (χ1n) is 6.35. The van der Waals surface area contributed by atoms with Crippen molar-refractivity contribution in [2.24, 2.45) is 0 Å². The largest absolute Gasteiger partial charge is 0.368 e. The Labute approximate surface area is 117 Å². The quantitative estimate of drug-likeness (QED) is 0.822. The number of hydrogen-bond acceptors (Lipinski definition) is 3. The van der Waals surface area contributed by atoms with Crippen LogP contribution in [0.1, 0.15) is 15.9 Å². The lowest BCUT2D eigenvalue weighted by atomic mass is 10.1. The molecule has 2 rings (SSSR count). The summed E-state index contributed by atoms with van der Waals surface area (Å²) in [5.74, 6) is 0.0954.